The summed E-state index contributed by atoms with van der Waals surface area (Å²) in [5.74, 6) is 0.175. The molecule has 1 aromatic rings. The Morgan fingerprint density at radius 2 is 2.14 bits per heavy atom. The predicted molar refractivity (Wildman–Crippen MR) is 56.2 cm³/mol. The monoisotopic (exact) mass is 189 g/mol. The van der Waals surface area contributed by atoms with Crippen molar-refractivity contribution in [2.75, 3.05) is 6.54 Å². The third kappa shape index (κ3) is 1.07. The maximum absolute atomic E-state index is 11.6. The third-order valence-electron chi connectivity index (χ3n) is 3.25. The molecule has 2 heteroatoms. The van der Waals surface area contributed by atoms with Crippen LogP contribution < -0.4 is 5.32 Å². The molecular formula is C12H15NO. The zero-order valence-corrected chi connectivity index (χ0v) is 8.63. The van der Waals surface area contributed by atoms with E-state index in [9.17, 15) is 4.79 Å². The minimum Gasteiger partial charge on any atom is -0.354 e. The third-order valence-corrected chi connectivity index (χ3v) is 3.25. The lowest BCUT2D eigenvalue weighted by Gasteiger charge is -2.41. The van der Waals surface area contributed by atoms with E-state index in [-0.39, 0.29) is 11.3 Å². The molecule has 2 nitrogen and oxygen atoms in total. The maximum Gasteiger partial charge on any atom is 0.232 e. The molecule has 14 heavy (non-hydrogen) atoms. The van der Waals surface area contributed by atoms with E-state index in [1.165, 1.54) is 11.1 Å². The number of amides is 1. The minimum atomic E-state index is -0.245. The van der Waals surface area contributed by atoms with Crippen LogP contribution in [0.1, 0.15) is 24.5 Å². The van der Waals surface area contributed by atoms with E-state index < -0.39 is 0 Å². The SMILES string of the molecule is CCC1(c2ccccc2C)CNC1=O. The number of hydrogen-bond donors (Lipinski definition) is 1. The largest absolute Gasteiger partial charge is 0.354 e. The van der Waals surface area contributed by atoms with Gasteiger partial charge in [0, 0.05) is 6.54 Å². The summed E-state index contributed by atoms with van der Waals surface area (Å²) >= 11 is 0. The molecule has 0 aromatic heterocycles. The topological polar surface area (TPSA) is 29.1 Å². The van der Waals surface area contributed by atoms with E-state index in [0.717, 1.165) is 13.0 Å². The normalized spacial score (nSPS) is 25.4. The molecule has 1 aromatic carbocycles. The van der Waals surface area contributed by atoms with Gasteiger partial charge in [0.1, 0.15) is 0 Å². The van der Waals surface area contributed by atoms with Crippen LogP contribution in [-0.4, -0.2) is 12.5 Å². The summed E-state index contributed by atoms with van der Waals surface area (Å²) in [7, 11) is 0. The Balaban J connectivity index is 2.47. The van der Waals surface area contributed by atoms with Crippen LogP contribution in [0.15, 0.2) is 24.3 Å². The van der Waals surface area contributed by atoms with Crippen LogP contribution in [-0.2, 0) is 10.2 Å². The molecule has 1 atom stereocenters. The van der Waals surface area contributed by atoms with Gasteiger partial charge >= 0.3 is 0 Å². The van der Waals surface area contributed by atoms with E-state index in [1.807, 2.05) is 12.1 Å². The highest BCUT2D eigenvalue weighted by Gasteiger charge is 2.46. The molecule has 0 bridgehead atoms. The van der Waals surface area contributed by atoms with Crippen molar-refractivity contribution >= 4 is 5.91 Å². The lowest BCUT2D eigenvalue weighted by atomic mass is 9.71. The Bertz CT molecular complexity index is 368. The van der Waals surface area contributed by atoms with Gasteiger partial charge in [-0.15, -0.1) is 0 Å². The van der Waals surface area contributed by atoms with Crippen molar-refractivity contribution in [3.8, 4) is 0 Å². The average molecular weight is 189 g/mol. The number of carbonyl (C=O) groups is 1. The number of β-lactam (4-membered cyclic amide) rings is 1. The number of aryl methyl sites for hydroxylation is 1. The van der Waals surface area contributed by atoms with E-state index in [4.69, 9.17) is 0 Å². The molecule has 74 valence electrons. The molecular weight excluding hydrogens is 174 g/mol. The van der Waals surface area contributed by atoms with Crippen LogP contribution in [0.2, 0.25) is 0 Å². The van der Waals surface area contributed by atoms with Crippen molar-refractivity contribution in [1.82, 2.24) is 5.32 Å². The molecule has 0 aliphatic carbocycles. The summed E-state index contributed by atoms with van der Waals surface area (Å²) in [6.45, 7) is 4.93. The molecule has 0 radical (unpaired) electrons. The van der Waals surface area contributed by atoms with Crippen molar-refractivity contribution in [3.05, 3.63) is 35.4 Å². The highest BCUT2D eigenvalue weighted by molar-refractivity contribution is 5.94. The fourth-order valence-electron chi connectivity index (χ4n) is 2.18. The van der Waals surface area contributed by atoms with Crippen molar-refractivity contribution in [2.45, 2.75) is 25.7 Å². The number of benzene rings is 1. The maximum atomic E-state index is 11.6. The first-order valence-electron chi connectivity index (χ1n) is 5.05. The molecule has 1 fully saturated rings. The minimum absolute atomic E-state index is 0.175. The number of hydrogen-bond acceptors (Lipinski definition) is 1. The quantitative estimate of drug-likeness (QED) is 0.706. The highest BCUT2D eigenvalue weighted by atomic mass is 16.2. The van der Waals surface area contributed by atoms with Gasteiger partial charge in [0.15, 0.2) is 0 Å². The Morgan fingerprint density at radius 1 is 1.43 bits per heavy atom. The highest BCUT2D eigenvalue weighted by Crippen LogP contribution is 2.34. The van der Waals surface area contributed by atoms with Crippen LogP contribution in [0.5, 0.6) is 0 Å². The molecule has 2 rings (SSSR count). The van der Waals surface area contributed by atoms with Gasteiger partial charge in [0.05, 0.1) is 5.41 Å². The van der Waals surface area contributed by atoms with Gasteiger partial charge in [-0.25, -0.2) is 0 Å². The Morgan fingerprint density at radius 3 is 2.57 bits per heavy atom. The molecule has 0 saturated carbocycles. The number of rotatable bonds is 2. The summed E-state index contributed by atoms with van der Waals surface area (Å²) in [6, 6.07) is 8.15. The molecule has 1 saturated heterocycles. The lowest BCUT2D eigenvalue weighted by molar-refractivity contribution is -0.134. The summed E-state index contributed by atoms with van der Waals surface area (Å²) in [6.07, 6.45) is 0.879. The van der Waals surface area contributed by atoms with Gasteiger partial charge in [-0.1, -0.05) is 31.2 Å². The van der Waals surface area contributed by atoms with Crippen LogP contribution in [0, 0.1) is 6.92 Å². The fourth-order valence-corrected chi connectivity index (χ4v) is 2.18. The zero-order chi connectivity index (χ0) is 10.2. The second-order valence-corrected chi connectivity index (χ2v) is 3.93. The van der Waals surface area contributed by atoms with E-state index >= 15 is 0 Å². The van der Waals surface area contributed by atoms with E-state index in [2.05, 4.69) is 31.3 Å². The van der Waals surface area contributed by atoms with Crippen LogP contribution in [0.3, 0.4) is 0 Å². The molecule has 1 N–H and O–H groups in total. The molecule has 1 heterocycles. The number of carbonyl (C=O) groups excluding carboxylic acids is 1. The van der Waals surface area contributed by atoms with Gasteiger partial charge in [0.2, 0.25) is 5.91 Å². The van der Waals surface area contributed by atoms with Crippen LogP contribution >= 0.6 is 0 Å². The van der Waals surface area contributed by atoms with Crippen LogP contribution in [0.25, 0.3) is 0 Å². The van der Waals surface area contributed by atoms with Crippen molar-refractivity contribution in [2.24, 2.45) is 0 Å². The van der Waals surface area contributed by atoms with Crippen molar-refractivity contribution < 1.29 is 4.79 Å². The molecule has 1 aliphatic heterocycles. The van der Waals surface area contributed by atoms with Gasteiger partial charge in [-0.05, 0) is 24.5 Å². The zero-order valence-electron chi connectivity index (χ0n) is 8.63. The summed E-state index contributed by atoms with van der Waals surface area (Å²) in [5, 5.41) is 2.84. The smallest absolute Gasteiger partial charge is 0.232 e. The molecule has 1 aliphatic rings. The first-order valence-corrected chi connectivity index (χ1v) is 5.05. The molecule has 1 amide bonds. The van der Waals surface area contributed by atoms with E-state index in [1.54, 1.807) is 0 Å². The fraction of sp³-hybridized carbons (Fsp3) is 0.417. The molecule has 0 spiro atoms. The summed E-state index contributed by atoms with van der Waals surface area (Å²) in [4.78, 5) is 11.6. The van der Waals surface area contributed by atoms with Crippen molar-refractivity contribution in [1.29, 1.82) is 0 Å². The van der Waals surface area contributed by atoms with E-state index in [0.29, 0.717) is 0 Å². The Hall–Kier alpha value is -1.31. The first kappa shape index (κ1) is 9.25. The predicted octanol–water partition coefficient (Wildman–Crippen LogP) is 1.77. The Kier molecular flexibility index (Phi) is 2.06. The van der Waals surface area contributed by atoms with Gasteiger partial charge in [0.25, 0.3) is 0 Å². The second-order valence-electron chi connectivity index (χ2n) is 3.93. The first-order chi connectivity index (χ1) is 6.70. The van der Waals surface area contributed by atoms with Gasteiger partial charge < -0.3 is 5.32 Å². The van der Waals surface area contributed by atoms with Gasteiger partial charge in [-0.3, -0.25) is 4.79 Å². The van der Waals surface area contributed by atoms with Crippen LogP contribution in [0.4, 0.5) is 0 Å². The second kappa shape index (κ2) is 3.12. The summed E-state index contributed by atoms with van der Waals surface area (Å²) < 4.78 is 0. The van der Waals surface area contributed by atoms with Gasteiger partial charge in [-0.2, -0.15) is 0 Å². The Labute approximate surface area is 84.3 Å². The summed E-state index contributed by atoms with van der Waals surface area (Å²) in [5.41, 5.74) is 2.15. The van der Waals surface area contributed by atoms with Crippen molar-refractivity contribution in [3.63, 3.8) is 0 Å². The number of nitrogens with one attached hydrogen (secondary N) is 1. The standard InChI is InChI=1S/C12H15NO/c1-3-12(8-13-11(12)14)10-7-5-4-6-9(10)2/h4-7H,3,8H2,1-2H3,(H,13,14). The lowest BCUT2D eigenvalue weighted by Crippen LogP contribution is -2.62. The average Bonchev–Trinajstić information content (AvgIpc) is 2.20. The molecule has 1 unspecified atom stereocenters.